The number of benzene rings is 1. The maximum Gasteiger partial charge on any atom is 0.151 e. The van der Waals surface area contributed by atoms with E-state index in [0.29, 0.717) is 11.5 Å². The van der Waals surface area contributed by atoms with Crippen LogP contribution in [0.3, 0.4) is 0 Å². The Morgan fingerprint density at radius 1 is 1.32 bits per heavy atom. The van der Waals surface area contributed by atoms with E-state index in [4.69, 9.17) is 11.6 Å². The molecule has 0 radical (unpaired) electrons. The van der Waals surface area contributed by atoms with E-state index in [0.717, 1.165) is 31.0 Å². The lowest BCUT2D eigenvalue weighted by molar-refractivity contribution is 0.204. The van der Waals surface area contributed by atoms with Gasteiger partial charge in [-0.1, -0.05) is 30.7 Å². The lowest BCUT2D eigenvalue weighted by atomic mass is 10.1. The molecule has 1 aromatic carbocycles. The summed E-state index contributed by atoms with van der Waals surface area (Å²) in [5, 5.41) is 0.731. The molecule has 0 N–H and O–H groups in total. The van der Waals surface area contributed by atoms with Gasteiger partial charge >= 0.3 is 0 Å². The highest BCUT2D eigenvalue weighted by Crippen LogP contribution is 2.21. The fourth-order valence-corrected chi connectivity index (χ4v) is 4.45. The fourth-order valence-electron chi connectivity index (χ4n) is 2.57. The van der Waals surface area contributed by atoms with Crippen LogP contribution in [0.1, 0.15) is 25.3 Å². The largest absolute Gasteiger partial charge is 0.295 e. The molecule has 1 heterocycles. The third-order valence-electron chi connectivity index (χ3n) is 3.53. The van der Waals surface area contributed by atoms with Crippen molar-refractivity contribution in [1.29, 1.82) is 0 Å². The van der Waals surface area contributed by atoms with Gasteiger partial charge in [-0.3, -0.25) is 4.90 Å². The molecule has 2 rings (SSSR count). The number of nitrogens with zero attached hydrogens (tertiary/aromatic N) is 1. The van der Waals surface area contributed by atoms with E-state index in [-0.39, 0.29) is 6.04 Å². The van der Waals surface area contributed by atoms with Gasteiger partial charge in [0.25, 0.3) is 0 Å². The van der Waals surface area contributed by atoms with E-state index in [9.17, 15) is 8.42 Å². The third-order valence-corrected chi connectivity index (χ3v) is 5.54. The van der Waals surface area contributed by atoms with Crippen molar-refractivity contribution < 1.29 is 8.42 Å². The van der Waals surface area contributed by atoms with Crippen LogP contribution in [0.15, 0.2) is 24.3 Å². The minimum absolute atomic E-state index is 0.167. The molecule has 1 fully saturated rings. The fraction of sp³-hybridized carbons (Fsp3) is 0.571. The minimum atomic E-state index is -2.82. The molecular weight excluding hydrogens is 282 g/mol. The molecule has 1 aliphatic rings. The zero-order valence-corrected chi connectivity index (χ0v) is 12.8. The van der Waals surface area contributed by atoms with Crippen LogP contribution >= 0.6 is 11.6 Å². The van der Waals surface area contributed by atoms with Gasteiger partial charge < -0.3 is 0 Å². The second kappa shape index (κ2) is 6.25. The van der Waals surface area contributed by atoms with Gasteiger partial charge in [-0.15, -0.1) is 0 Å². The Hall–Kier alpha value is -0.580. The first-order chi connectivity index (χ1) is 9.00. The van der Waals surface area contributed by atoms with E-state index in [1.165, 1.54) is 5.56 Å². The number of rotatable bonds is 5. The zero-order chi connectivity index (χ0) is 13.9. The van der Waals surface area contributed by atoms with Crippen LogP contribution in [-0.2, 0) is 16.4 Å². The Morgan fingerprint density at radius 3 is 2.53 bits per heavy atom. The molecule has 1 aromatic rings. The van der Waals surface area contributed by atoms with Crippen molar-refractivity contribution in [2.75, 3.05) is 18.1 Å². The van der Waals surface area contributed by atoms with E-state index in [2.05, 4.69) is 11.8 Å². The van der Waals surface area contributed by atoms with Crippen molar-refractivity contribution in [1.82, 2.24) is 4.90 Å². The highest BCUT2D eigenvalue weighted by molar-refractivity contribution is 7.91. The van der Waals surface area contributed by atoms with Gasteiger partial charge in [-0.05, 0) is 37.1 Å². The minimum Gasteiger partial charge on any atom is -0.295 e. The summed E-state index contributed by atoms with van der Waals surface area (Å²) >= 11 is 5.88. The second-order valence-electron chi connectivity index (χ2n) is 5.15. The summed E-state index contributed by atoms with van der Waals surface area (Å²) in [7, 11) is -2.82. The molecule has 19 heavy (non-hydrogen) atoms. The van der Waals surface area contributed by atoms with Crippen LogP contribution in [0.25, 0.3) is 0 Å². The number of sulfone groups is 1. The molecule has 0 unspecified atom stereocenters. The van der Waals surface area contributed by atoms with Gasteiger partial charge in [-0.25, -0.2) is 8.42 Å². The van der Waals surface area contributed by atoms with Gasteiger partial charge in [0.05, 0.1) is 11.5 Å². The normalized spacial score (nSPS) is 21.9. The summed E-state index contributed by atoms with van der Waals surface area (Å²) in [6.07, 6.45) is 1.79. The highest BCUT2D eigenvalue weighted by atomic mass is 35.5. The second-order valence-corrected chi connectivity index (χ2v) is 7.82. The highest BCUT2D eigenvalue weighted by Gasteiger charge is 2.31. The van der Waals surface area contributed by atoms with Crippen molar-refractivity contribution in [3.8, 4) is 0 Å². The summed E-state index contributed by atoms with van der Waals surface area (Å²) in [6.45, 7) is 3.85. The van der Waals surface area contributed by atoms with Crippen molar-refractivity contribution in [2.24, 2.45) is 0 Å². The Bertz CT molecular complexity index is 513. The zero-order valence-electron chi connectivity index (χ0n) is 11.2. The molecule has 3 nitrogen and oxygen atoms in total. The predicted molar refractivity (Wildman–Crippen MR) is 79.2 cm³/mol. The van der Waals surface area contributed by atoms with Gasteiger partial charge in [0.15, 0.2) is 9.84 Å². The molecule has 5 heteroatoms. The Morgan fingerprint density at radius 2 is 2.00 bits per heavy atom. The SMILES string of the molecule is CCCN(Cc1ccc(Cl)cc1)[C@@H]1CCS(=O)(=O)C1. The first-order valence-corrected chi connectivity index (χ1v) is 8.89. The lowest BCUT2D eigenvalue weighted by Crippen LogP contribution is -2.36. The number of hydrogen-bond acceptors (Lipinski definition) is 3. The van der Waals surface area contributed by atoms with E-state index in [1.807, 2.05) is 24.3 Å². The molecule has 0 aromatic heterocycles. The average molecular weight is 302 g/mol. The molecule has 106 valence electrons. The van der Waals surface area contributed by atoms with Crippen molar-refractivity contribution >= 4 is 21.4 Å². The molecule has 0 spiro atoms. The number of hydrogen-bond donors (Lipinski definition) is 0. The van der Waals surface area contributed by atoms with Crippen LogP contribution in [0.4, 0.5) is 0 Å². The van der Waals surface area contributed by atoms with Gasteiger partial charge in [-0.2, -0.15) is 0 Å². The standard InChI is InChI=1S/C14H20ClNO2S/c1-2-8-16(14-7-9-19(17,18)11-14)10-12-3-5-13(15)6-4-12/h3-6,14H,2,7-11H2,1H3/t14-/m1/s1. The molecule has 1 atom stereocenters. The van der Waals surface area contributed by atoms with Crippen LogP contribution in [0, 0.1) is 0 Å². The van der Waals surface area contributed by atoms with Crippen LogP contribution in [-0.4, -0.2) is 37.4 Å². The van der Waals surface area contributed by atoms with Gasteiger partial charge in [0.1, 0.15) is 0 Å². The maximum atomic E-state index is 11.6. The van der Waals surface area contributed by atoms with E-state index < -0.39 is 9.84 Å². The Labute approximate surface area is 120 Å². The van der Waals surface area contributed by atoms with Gasteiger partial charge in [0, 0.05) is 17.6 Å². The molecule has 0 bridgehead atoms. The van der Waals surface area contributed by atoms with Crippen LogP contribution < -0.4 is 0 Å². The summed E-state index contributed by atoms with van der Waals surface area (Å²) in [5.41, 5.74) is 1.18. The molecule has 0 saturated carbocycles. The summed E-state index contributed by atoms with van der Waals surface area (Å²) < 4.78 is 23.2. The van der Waals surface area contributed by atoms with Crippen molar-refractivity contribution in [3.05, 3.63) is 34.9 Å². The summed E-state index contributed by atoms with van der Waals surface area (Å²) in [5.74, 6) is 0.638. The molecule has 0 amide bonds. The third kappa shape index (κ3) is 4.20. The number of halogens is 1. The van der Waals surface area contributed by atoms with Gasteiger partial charge in [0.2, 0.25) is 0 Å². The quantitative estimate of drug-likeness (QED) is 0.839. The molecular formula is C14H20ClNO2S. The first-order valence-electron chi connectivity index (χ1n) is 6.69. The smallest absolute Gasteiger partial charge is 0.151 e. The molecule has 1 aliphatic heterocycles. The van der Waals surface area contributed by atoms with E-state index >= 15 is 0 Å². The monoisotopic (exact) mass is 301 g/mol. The van der Waals surface area contributed by atoms with Crippen LogP contribution in [0.2, 0.25) is 5.02 Å². The Balaban J connectivity index is 2.06. The summed E-state index contributed by atoms with van der Waals surface area (Å²) in [4.78, 5) is 2.29. The van der Waals surface area contributed by atoms with Crippen molar-refractivity contribution in [2.45, 2.75) is 32.4 Å². The van der Waals surface area contributed by atoms with Crippen LogP contribution in [0.5, 0.6) is 0 Å². The average Bonchev–Trinajstić information content (AvgIpc) is 2.72. The van der Waals surface area contributed by atoms with E-state index in [1.54, 1.807) is 0 Å². The summed E-state index contributed by atoms with van der Waals surface area (Å²) in [6, 6.07) is 7.95. The molecule has 1 saturated heterocycles. The Kier molecular flexibility index (Phi) is 4.87. The first kappa shape index (κ1) is 14.8. The molecule has 0 aliphatic carbocycles. The predicted octanol–water partition coefficient (Wildman–Crippen LogP) is 2.74. The van der Waals surface area contributed by atoms with Crippen molar-refractivity contribution in [3.63, 3.8) is 0 Å². The maximum absolute atomic E-state index is 11.6. The lowest BCUT2D eigenvalue weighted by Gasteiger charge is -2.27. The topological polar surface area (TPSA) is 37.4 Å².